The fourth-order valence-electron chi connectivity index (χ4n) is 2.46. The van der Waals surface area contributed by atoms with Crippen molar-refractivity contribution in [2.24, 2.45) is 4.99 Å². The van der Waals surface area contributed by atoms with E-state index in [-0.39, 0.29) is 36.3 Å². The molecule has 1 atom stereocenters. The summed E-state index contributed by atoms with van der Waals surface area (Å²) in [5.41, 5.74) is 3.80. The summed E-state index contributed by atoms with van der Waals surface area (Å²) in [6.07, 6.45) is 4.61. The van der Waals surface area contributed by atoms with E-state index in [1.807, 2.05) is 26.4 Å². The van der Waals surface area contributed by atoms with Crippen LogP contribution in [-0.4, -0.2) is 35.3 Å². The Bertz CT molecular complexity index is 618. The molecular weight excluding hydrogens is 321 g/mol. The maximum Gasteiger partial charge on any atom is 0.104 e. The average molecular weight is 342 g/mol. The molecule has 0 amide bonds. The highest BCUT2D eigenvalue weighted by molar-refractivity contribution is 5.86. The van der Waals surface area contributed by atoms with Gasteiger partial charge in [-0.25, -0.2) is 0 Å². The third-order valence-corrected chi connectivity index (χ3v) is 3.49. The van der Waals surface area contributed by atoms with Crippen LogP contribution in [0.1, 0.15) is 22.7 Å². The molecule has 22 heavy (non-hydrogen) atoms. The van der Waals surface area contributed by atoms with E-state index >= 15 is 0 Å². The zero-order chi connectivity index (χ0) is 13.2. The minimum atomic E-state index is 0. The van der Waals surface area contributed by atoms with Gasteiger partial charge < -0.3 is 10.4 Å². The number of likely N-dealkylation sites (N-methyl/N-ethyl adjacent to an activating group) is 1. The van der Waals surface area contributed by atoms with Gasteiger partial charge in [0.1, 0.15) is 11.9 Å². The van der Waals surface area contributed by atoms with Crippen LogP contribution in [0.2, 0.25) is 0 Å². The van der Waals surface area contributed by atoms with E-state index in [4.69, 9.17) is 4.99 Å². The van der Waals surface area contributed by atoms with Crippen molar-refractivity contribution in [2.45, 2.75) is 12.5 Å². The lowest BCUT2D eigenvalue weighted by Gasteiger charge is -2.27. The van der Waals surface area contributed by atoms with E-state index in [1.165, 1.54) is 11.1 Å². The minimum Gasteiger partial charge on any atom is -0.412 e. The first-order valence-corrected chi connectivity index (χ1v) is 6.47. The first-order chi connectivity index (χ1) is 9.25. The monoisotopic (exact) mass is 341 g/mol. The summed E-state index contributed by atoms with van der Waals surface area (Å²) in [5.74, 6) is 1.12. The van der Waals surface area contributed by atoms with Crippen LogP contribution in [0.15, 0.2) is 53.8 Å². The lowest BCUT2D eigenvalue weighted by Crippen LogP contribution is -2.28. The molecular formula is C16H21Cl2N3O. The van der Waals surface area contributed by atoms with Crippen molar-refractivity contribution in [1.82, 2.24) is 9.88 Å². The highest BCUT2D eigenvalue weighted by atomic mass is 35.5. The predicted molar refractivity (Wildman–Crippen MR) is 95.5 cm³/mol. The lowest BCUT2D eigenvalue weighted by molar-refractivity contribution is 0.591. The molecule has 2 aromatic rings. The van der Waals surface area contributed by atoms with Crippen molar-refractivity contribution in [1.29, 1.82) is 0 Å². The molecule has 0 saturated carbocycles. The molecule has 0 radical (unpaired) electrons. The van der Waals surface area contributed by atoms with Crippen molar-refractivity contribution in [3.05, 3.63) is 65.5 Å². The molecule has 1 aromatic heterocycles. The Morgan fingerprint density at radius 3 is 2.41 bits per heavy atom. The van der Waals surface area contributed by atoms with Gasteiger partial charge in [-0.15, -0.1) is 24.8 Å². The van der Waals surface area contributed by atoms with Gasteiger partial charge in [-0.1, -0.05) is 30.3 Å². The van der Waals surface area contributed by atoms with E-state index in [1.54, 1.807) is 6.20 Å². The largest absolute Gasteiger partial charge is 0.412 e. The molecule has 6 heteroatoms. The molecule has 0 saturated heterocycles. The van der Waals surface area contributed by atoms with Crippen LogP contribution in [0.5, 0.6) is 0 Å². The van der Waals surface area contributed by atoms with Gasteiger partial charge in [0.05, 0.1) is 0 Å². The topological polar surface area (TPSA) is 60.0 Å². The van der Waals surface area contributed by atoms with Crippen molar-refractivity contribution >= 4 is 30.6 Å². The number of aromatic nitrogens is 1. The minimum absolute atomic E-state index is 0. The maximum absolute atomic E-state index is 4.90. The summed E-state index contributed by atoms with van der Waals surface area (Å²) >= 11 is 0. The Labute approximate surface area is 143 Å². The highest BCUT2D eigenvalue weighted by Crippen LogP contribution is 2.32. The summed E-state index contributed by atoms with van der Waals surface area (Å²) < 4.78 is 0. The molecule has 4 nitrogen and oxygen atoms in total. The molecule has 2 heterocycles. The average Bonchev–Trinajstić information content (AvgIpc) is 2.47. The van der Waals surface area contributed by atoms with E-state index in [2.05, 4.69) is 40.2 Å². The molecule has 0 aliphatic carbocycles. The van der Waals surface area contributed by atoms with Crippen LogP contribution in [0.3, 0.4) is 0 Å². The highest BCUT2D eigenvalue weighted by Gasteiger charge is 2.23. The number of benzene rings is 1. The summed E-state index contributed by atoms with van der Waals surface area (Å²) in [6.45, 7) is 0. The normalized spacial score (nSPS) is 15.2. The van der Waals surface area contributed by atoms with E-state index in [0.29, 0.717) is 0 Å². The summed E-state index contributed by atoms with van der Waals surface area (Å²) in [5, 5.41) is 0. The number of amidine groups is 1. The van der Waals surface area contributed by atoms with E-state index < -0.39 is 0 Å². The van der Waals surface area contributed by atoms with Crippen LogP contribution in [0, 0.1) is 0 Å². The van der Waals surface area contributed by atoms with Crippen LogP contribution in [-0.2, 0) is 6.42 Å². The number of fused-ring (bicyclic) bond motifs is 1. The number of hydrogen-bond acceptors (Lipinski definition) is 3. The SMILES string of the molecule is CN(C)C1=NC(c2cccnc2)c2ccccc2C1.Cl.Cl.O. The molecule has 1 aromatic carbocycles. The van der Waals surface area contributed by atoms with Gasteiger partial charge in [0.25, 0.3) is 0 Å². The predicted octanol–water partition coefficient (Wildman–Crippen LogP) is 2.71. The molecule has 3 rings (SSSR count). The summed E-state index contributed by atoms with van der Waals surface area (Å²) in [4.78, 5) is 11.2. The molecule has 120 valence electrons. The van der Waals surface area contributed by atoms with Gasteiger partial charge in [0, 0.05) is 32.9 Å². The zero-order valence-corrected chi connectivity index (χ0v) is 14.2. The molecule has 0 spiro atoms. The van der Waals surface area contributed by atoms with E-state index in [0.717, 1.165) is 17.8 Å². The third kappa shape index (κ3) is 3.97. The number of rotatable bonds is 1. The number of nitrogens with zero attached hydrogens (tertiary/aromatic N) is 3. The van der Waals surface area contributed by atoms with Gasteiger partial charge in [0.2, 0.25) is 0 Å². The molecule has 1 unspecified atom stereocenters. The van der Waals surface area contributed by atoms with Gasteiger partial charge in [0.15, 0.2) is 0 Å². The lowest BCUT2D eigenvalue weighted by atomic mass is 9.91. The molecule has 0 fully saturated rings. The fourth-order valence-corrected chi connectivity index (χ4v) is 2.46. The van der Waals surface area contributed by atoms with Crippen LogP contribution in [0.25, 0.3) is 0 Å². The number of hydrogen-bond donors (Lipinski definition) is 0. The zero-order valence-electron chi connectivity index (χ0n) is 12.6. The number of halogens is 2. The van der Waals surface area contributed by atoms with Gasteiger partial charge in [-0.2, -0.15) is 0 Å². The third-order valence-electron chi connectivity index (χ3n) is 3.49. The van der Waals surface area contributed by atoms with E-state index in [9.17, 15) is 0 Å². The Hall–Kier alpha value is -1.62. The van der Waals surface area contributed by atoms with Gasteiger partial charge in [-0.05, 0) is 22.8 Å². The first-order valence-electron chi connectivity index (χ1n) is 6.47. The second-order valence-electron chi connectivity index (χ2n) is 5.00. The Balaban J connectivity index is 0.00000147. The van der Waals surface area contributed by atoms with Crippen LogP contribution < -0.4 is 0 Å². The Kier molecular flexibility index (Phi) is 8.09. The molecule has 1 aliphatic rings. The second-order valence-corrected chi connectivity index (χ2v) is 5.00. The first kappa shape index (κ1) is 20.4. The Morgan fingerprint density at radius 1 is 1.05 bits per heavy atom. The molecule has 2 N–H and O–H groups in total. The summed E-state index contributed by atoms with van der Waals surface area (Å²) in [6, 6.07) is 12.7. The standard InChI is InChI=1S/C16H17N3.2ClH.H2O/c1-19(2)15-10-12-6-3-4-8-14(12)16(18-15)13-7-5-9-17-11-13;;;/h3-9,11,16H,10H2,1-2H3;2*1H;1H2. The smallest absolute Gasteiger partial charge is 0.104 e. The molecule has 1 aliphatic heterocycles. The number of pyridine rings is 1. The number of aliphatic imine (C=N–C) groups is 1. The van der Waals surface area contributed by atoms with Crippen molar-refractivity contribution in [2.75, 3.05) is 14.1 Å². The van der Waals surface area contributed by atoms with Crippen molar-refractivity contribution in [3.8, 4) is 0 Å². The fraction of sp³-hybridized carbons (Fsp3) is 0.250. The second kappa shape index (κ2) is 8.73. The maximum atomic E-state index is 4.90. The van der Waals surface area contributed by atoms with Crippen LogP contribution in [0.4, 0.5) is 0 Å². The quantitative estimate of drug-likeness (QED) is 0.800. The van der Waals surface area contributed by atoms with Crippen molar-refractivity contribution in [3.63, 3.8) is 0 Å². The van der Waals surface area contributed by atoms with Gasteiger partial charge >= 0.3 is 0 Å². The van der Waals surface area contributed by atoms with Crippen LogP contribution >= 0.6 is 24.8 Å². The van der Waals surface area contributed by atoms with Crippen molar-refractivity contribution < 1.29 is 5.48 Å². The molecule has 0 bridgehead atoms. The van der Waals surface area contributed by atoms with Gasteiger partial charge in [-0.3, -0.25) is 9.98 Å². The Morgan fingerprint density at radius 2 is 1.77 bits per heavy atom. The summed E-state index contributed by atoms with van der Waals surface area (Å²) in [7, 11) is 4.10.